The van der Waals surface area contributed by atoms with E-state index in [-0.39, 0.29) is 24.6 Å². The van der Waals surface area contributed by atoms with Gasteiger partial charge < -0.3 is 33.9 Å². The fourth-order valence-electron chi connectivity index (χ4n) is 5.39. The maximum atomic E-state index is 11.7. The maximum absolute atomic E-state index is 11.7. The summed E-state index contributed by atoms with van der Waals surface area (Å²) in [5.41, 5.74) is 6.45. The Balaban J connectivity index is 1.22. The number of carbonyl (C=O) groups is 1. The number of carbonyl (C=O) groups excluding carboxylic acids is 1. The Labute approximate surface area is 234 Å². The van der Waals surface area contributed by atoms with Gasteiger partial charge in [0.1, 0.15) is 36.6 Å². The van der Waals surface area contributed by atoms with Crippen molar-refractivity contribution in [3.8, 4) is 28.4 Å². The van der Waals surface area contributed by atoms with Crippen molar-refractivity contribution in [2.45, 2.75) is 57.5 Å². The van der Waals surface area contributed by atoms with Crippen LogP contribution in [0.1, 0.15) is 41.0 Å². The molecule has 8 heteroatoms. The molecular weight excluding hydrogens is 512 g/mol. The monoisotopic (exact) mass is 548 g/mol. The second-order valence-corrected chi connectivity index (χ2v) is 10.5. The molecule has 2 N–H and O–H groups in total. The Morgan fingerprint density at radius 2 is 1.75 bits per heavy atom. The van der Waals surface area contributed by atoms with Crippen LogP contribution >= 0.6 is 0 Å². The number of methoxy groups -OCH3 is 1. The molecule has 0 aliphatic carbocycles. The summed E-state index contributed by atoms with van der Waals surface area (Å²) < 4.78 is 28.2. The molecule has 212 valence electrons. The third kappa shape index (κ3) is 6.41. The zero-order valence-corrected chi connectivity index (χ0v) is 23.1. The average molecular weight is 549 g/mol. The summed E-state index contributed by atoms with van der Waals surface area (Å²) >= 11 is 0. The molecule has 0 aromatic heterocycles. The molecule has 2 aliphatic rings. The predicted molar refractivity (Wildman–Crippen MR) is 149 cm³/mol. The van der Waals surface area contributed by atoms with E-state index in [1.165, 1.54) is 7.11 Å². The van der Waals surface area contributed by atoms with Crippen molar-refractivity contribution in [2.24, 2.45) is 0 Å². The molecule has 8 nitrogen and oxygen atoms in total. The van der Waals surface area contributed by atoms with Gasteiger partial charge in [-0.2, -0.15) is 0 Å². The molecule has 2 heterocycles. The van der Waals surface area contributed by atoms with Crippen molar-refractivity contribution in [2.75, 3.05) is 26.9 Å². The molecule has 5 rings (SSSR count). The van der Waals surface area contributed by atoms with Crippen LogP contribution in [0.5, 0.6) is 17.2 Å². The lowest BCUT2D eigenvalue weighted by atomic mass is 9.94. The zero-order valence-electron chi connectivity index (χ0n) is 23.1. The Morgan fingerprint density at radius 3 is 2.50 bits per heavy atom. The number of rotatable bonds is 9. The standard InChI is InChI=1S/C32H36O8/c1-19-9-25(38-17-26-13-28(33)29(34)18-39-26)10-20(2)32(19)22-6-4-5-21(11-22)15-37-24-7-8-27-23(12-31(35)36-3)16-40-30(27)14-24/h4-11,14,23,26,28-29,33-34H,12-13,15-18H2,1-3H3/t23?,26-,28-,29+/m1/s1. The van der Waals surface area contributed by atoms with Crippen molar-refractivity contribution in [3.05, 3.63) is 76.9 Å². The van der Waals surface area contributed by atoms with E-state index < -0.39 is 12.2 Å². The van der Waals surface area contributed by atoms with E-state index in [2.05, 4.69) is 26.0 Å². The SMILES string of the molecule is COC(=O)CC1COc2cc(OCc3cccc(-c4c(C)cc(OC[C@H]5C[C@@H](O)[C@@H](O)CO5)cc4C)c3)ccc21. The van der Waals surface area contributed by atoms with Crippen molar-refractivity contribution in [3.63, 3.8) is 0 Å². The van der Waals surface area contributed by atoms with Crippen molar-refractivity contribution >= 4 is 5.97 Å². The van der Waals surface area contributed by atoms with Crippen LogP contribution in [0, 0.1) is 13.8 Å². The number of esters is 1. The minimum atomic E-state index is -0.837. The van der Waals surface area contributed by atoms with E-state index >= 15 is 0 Å². The lowest BCUT2D eigenvalue weighted by Gasteiger charge is -2.30. The summed E-state index contributed by atoms with van der Waals surface area (Å²) in [4.78, 5) is 11.7. The van der Waals surface area contributed by atoms with E-state index in [1.54, 1.807) is 0 Å². The minimum Gasteiger partial charge on any atom is -0.492 e. The largest absolute Gasteiger partial charge is 0.492 e. The summed E-state index contributed by atoms with van der Waals surface area (Å²) in [6.45, 7) is 5.42. The van der Waals surface area contributed by atoms with Crippen LogP contribution in [0.3, 0.4) is 0 Å². The average Bonchev–Trinajstić information content (AvgIpc) is 3.34. The van der Waals surface area contributed by atoms with Crippen molar-refractivity contribution in [1.29, 1.82) is 0 Å². The van der Waals surface area contributed by atoms with Crippen LogP contribution in [0.4, 0.5) is 0 Å². The number of aliphatic hydroxyl groups excluding tert-OH is 2. The number of fused-ring (bicyclic) bond motifs is 1. The zero-order chi connectivity index (χ0) is 28.2. The number of ether oxygens (including phenoxy) is 5. The highest BCUT2D eigenvalue weighted by Crippen LogP contribution is 2.39. The summed E-state index contributed by atoms with van der Waals surface area (Å²) in [7, 11) is 1.40. The first kappa shape index (κ1) is 28.0. The molecular formula is C32H36O8. The van der Waals surface area contributed by atoms with Crippen LogP contribution in [0.15, 0.2) is 54.6 Å². The molecule has 2 aliphatic heterocycles. The van der Waals surface area contributed by atoms with Gasteiger partial charge in [0, 0.05) is 24.0 Å². The van der Waals surface area contributed by atoms with Crippen LogP contribution in [0.25, 0.3) is 11.1 Å². The minimum absolute atomic E-state index is 0.000961. The van der Waals surface area contributed by atoms with Gasteiger partial charge in [0.25, 0.3) is 0 Å². The van der Waals surface area contributed by atoms with E-state index in [9.17, 15) is 15.0 Å². The summed E-state index contributed by atoms with van der Waals surface area (Å²) in [6.07, 6.45) is -1.23. The molecule has 0 radical (unpaired) electrons. The predicted octanol–water partition coefficient (Wildman–Crippen LogP) is 4.48. The molecule has 0 amide bonds. The first-order valence-electron chi connectivity index (χ1n) is 13.6. The highest BCUT2D eigenvalue weighted by atomic mass is 16.5. The Morgan fingerprint density at radius 1 is 0.950 bits per heavy atom. The molecule has 3 aromatic rings. The van der Waals surface area contributed by atoms with Gasteiger partial charge in [0.15, 0.2) is 0 Å². The Hall–Kier alpha value is -3.59. The highest BCUT2D eigenvalue weighted by Gasteiger charge is 2.29. The van der Waals surface area contributed by atoms with Gasteiger partial charge in [-0.05, 0) is 65.9 Å². The highest BCUT2D eigenvalue weighted by molar-refractivity contribution is 5.72. The molecule has 1 fully saturated rings. The summed E-state index contributed by atoms with van der Waals surface area (Å²) in [5, 5.41) is 19.5. The molecule has 40 heavy (non-hydrogen) atoms. The number of hydrogen-bond donors (Lipinski definition) is 2. The first-order chi connectivity index (χ1) is 19.3. The van der Waals surface area contributed by atoms with Gasteiger partial charge in [-0.25, -0.2) is 0 Å². The van der Waals surface area contributed by atoms with E-state index in [1.807, 2.05) is 42.5 Å². The van der Waals surface area contributed by atoms with Crippen LogP contribution in [-0.2, 0) is 20.9 Å². The van der Waals surface area contributed by atoms with Gasteiger partial charge in [0.2, 0.25) is 0 Å². The quantitative estimate of drug-likeness (QED) is 0.378. The molecule has 1 unspecified atom stereocenters. The molecule has 4 atom stereocenters. The summed E-state index contributed by atoms with van der Waals surface area (Å²) in [5.74, 6) is 1.96. The second kappa shape index (κ2) is 12.3. The number of hydrogen-bond acceptors (Lipinski definition) is 8. The van der Waals surface area contributed by atoms with E-state index in [0.717, 1.165) is 44.9 Å². The number of benzene rings is 3. The molecule has 0 spiro atoms. The number of aryl methyl sites for hydroxylation is 2. The maximum Gasteiger partial charge on any atom is 0.306 e. The molecule has 1 saturated heterocycles. The fraction of sp³-hybridized carbons (Fsp3) is 0.406. The first-order valence-corrected chi connectivity index (χ1v) is 13.6. The van der Waals surface area contributed by atoms with Gasteiger partial charge in [-0.1, -0.05) is 24.3 Å². The van der Waals surface area contributed by atoms with Crippen LogP contribution in [-0.4, -0.2) is 61.4 Å². The number of aliphatic hydroxyl groups is 2. The van der Waals surface area contributed by atoms with Gasteiger partial charge in [-0.15, -0.1) is 0 Å². The topological polar surface area (TPSA) is 104 Å². The lowest BCUT2D eigenvalue weighted by molar-refractivity contribution is -0.141. The van der Waals surface area contributed by atoms with Crippen molar-refractivity contribution in [1.82, 2.24) is 0 Å². The molecule has 0 saturated carbocycles. The van der Waals surface area contributed by atoms with E-state index in [4.69, 9.17) is 23.7 Å². The molecule has 3 aromatic carbocycles. The smallest absolute Gasteiger partial charge is 0.306 e. The van der Waals surface area contributed by atoms with Crippen molar-refractivity contribution < 1.29 is 38.7 Å². The van der Waals surface area contributed by atoms with Gasteiger partial charge in [0.05, 0.1) is 39.0 Å². The van der Waals surface area contributed by atoms with Crippen LogP contribution < -0.4 is 14.2 Å². The molecule has 0 bridgehead atoms. The third-order valence-electron chi connectivity index (χ3n) is 7.52. The van der Waals surface area contributed by atoms with Gasteiger partial charge >= 0.3 is 5.97 Å². The normalized spacial score (nSPS) is 21.8. The van der Waals surface area contributed by atoms with Gasteiger partial charge in [-0.3, -0.25) is 4.79 Å². The fourth-order valence-corrected chi connectivity index (χ4v) is 5.39. The Bertz CT molecular complexity index is 1330. The summed E-state index contributed by atoms with van der Waals surface area (Å²) in [6, 6.07) is 18.1. The lowest BCUT2D eigenvalue weighted by Crippen LogP contribution is -2.43. The van der Waals surface area contributed by atoms with E-state index in [0.29, 0.717) is 38.4 Å². The third-order valence-corrected chi connectivity index (χ3v) is 7.52. The Kier molecular flexibility index (Phi) is 8.59. The second-order valence-electron chi connectivity index (χ2n) is 10.5. The van der Waals surface area contributed by atoms with Crippen LogP contribution in [0.2, 0.25) is 0 Å².